The number of rotatable bonds is 0. The van der Waals surface area contributed by atoms with Crippen molar-refractivity contribution in [3.63, 3.8) is 0 Å². The molecule has 0 aliphatic heterocycles. The van der Waals surface area contributed by atoms with E-state index >= 15 is 0 Å². The van der Waals surface area contributed by atoms with Gasteiger partial charge in [-0.25, -0.2) is 14.4 Å². The minimum absolute atomic E-state index is 0. The number of hydrogen-bond donors (Lipinski definition) is 6. The first-order chi connectivity index (χ1) is 5.20. The van der Waals surface area contributed by atoms with Crippen LogP contribution in [0.2, 0.25) is 0 Å². The monoisotopic (exact) mass is 276 g/mol. The molecule has 0 aromatic rings. The second-order valence-corrected chi connectivity index (χ2v) is 0.848. The van der Waals surface area contributed by atoms with Crippen molar-refractivity contribution in [3.05, 3.63) is 0 Å². The zero-order valence-electron chi connectivity index (χ0n) is 6.56. The van der Waals surface area contributed by atoms with Crippen LogP contribution in [0.3, 0.4) is 0 Å². The molecular formula is C3H6O9Sc2. The molecule has 0 atom stereocenters. The fourth-order valence-electron chi connectivity index (χ4n) is 0. The zero-order valence-corrected chi connectivity index (χ0v) is 10.2. The molecule has 0 fully saturated rings. The van der Waals surface area contributed by atoms with Crippen LogP contribution in [0.15, 0.2) is 0 Å². The largest absolute Gasteiger partial charge is 0.503 e. The first kappa shape index (κ1) is 29.2. The SMILES string of the molecule is O=C(O)O.O=C(O)O.O=C(O)O.[Sc].[Sc]. The molecule has 0 bridgehead atoms. The smallest absolute Gasteiger partial charge is 0.450 e. The van der Waals surface area contributed by atoms with E-state index in [4.69, 9.17) is 45.0 Å². The predicted octanol–water partition coefficient (Wildman–Crippen LogP) is 0.662. The van der Waals surface area contributed by atoms with Crippen LogP contribution in [0.4, 0.5) is 14.4 Å². The van der Waals surface area contributed by atoms with Crippen LogP contribution in [0.1, 0.15) is 0 Å². The van der Waals surface area contributed by atoms with E-state index in [0.29, 0.717) is 0 Å². The van der Waals surface area contributed by atoms with Crippen LogP contribution >= 0.6 is 0 Å². The minimum atomic E-state index is -1.83. The summed E-state index contributed by atoms with van der Waals surface area (Å²) in [7, 11) is 0. The third kappa shape index (κ3) is 6360. The molecule has 0 aromatic carbocycles. The molecule has 0 spiro atoms. The van der Waals surface area contributed by atoms with Crippen LogP contribution in [-0.2, 0) is 51.7 Å². The van der Waals surface area contributed by atoms with Gasteiger partial charge >= 0.3 is 18.5 Å². The standard InChI is InChI=1S/3CH2O3.2Sc/c3*2-1(3)4;;/h3*(H2,2,3,4);;. The zero-order chi connectivity index (χ0) is 10.7. The van der Waals surface area contributed by atoms with Gasteiger partial charge in [-0.15, -0.1) is 0 Å². The molecule has 6 N–H and O–H groups in total. The van der Waals surface area contributed by atoms with Crippen molar-refractivity contribution in [3.8, 4) is 0 Å². The maximum absolute atomic E-state index is 8.56. The van der Waals surface area contributed by atoms with Gasteiger partial charge in [-0.05, 0) is 0 Å². The Balaban J connectivity index is -0.0000000270. The van der Waals surface area contributed by atoms with Gasteiger partial charge in [-0.1, -0.05) is 0 Å². The summed E-state index contributed by atoms with van der Waals surface area (Å²) in [6, 6.07) is 0. The Kier molecular flexibility index (Phi) is 47.8. The molecule has 11 heteroatoms. The Bertz CT molecular complexity index is 116. The van der Waals surface area contributed by atoms with Crippen molar-refractivity contribution in [2.45, 2.75) is 0 Å². The Labute approximate surface area is 115 Å². The van der Waals surface area contributed by atoms with E-state index in [-0.39, 0.29) is 51.7 Å². The summed E-state index contributed by atoms with van der Waals surface area (Å²) in [4.78, 5) is 25.7. The van der Waals surface area contributed by atoms with E-state index in [1.807, 2.05) is 0 Å². The van der Waals surface area contributed by atoms with Crippen molar-refractivity contribution in [2.75, 3.05) is 0 Å². The molecule has 9 nitrogen and oxygen atoms in total. The third-order valence-electron chi connectivity index (χ3n) is 0. The van der Waals surface area contributed by atoms with Gasteiger partial charge in [0.25, 0.3) is 0 Å². The summed E-state index contributed by atoms with van der Waals surface area (Å²) in [6.45, 7) is 0. The van der Waals surface area contributed by atoms with Gasteiger partial charge in [0.05, 0.1) is 0 Å². The predicted molar refractivity (Wildman–Crippen MR) is 32.0 cm³/mol. The number of hydrogen-bond acceptors (Lipinski definition) is 3. The van der Waals surface area contributed by atoms with E-state index in [2.05, 4.69) is 0 Å². The maximum Gasteiger partial charge on any atom is 0.503 e. The molecule has 0 saturated heterocycles. The van der Waals surface area contributed by atoms with E-state index in [9.17, 15) is 0 Å². The molecule has 0 amide bonds. The summed E-state index contributed by atoms with van der Waals surface area (Å²) in [5.41, 5.74) is 0. The second kappa shape index (κ2) is 22.9. The first-order valence-corrected chi connectivity index (χ1v) is 1.95. The number of carbonyl (C=O) groups is 3. The molecular weight excluding hydrogens is 270 g/mol. The summed E-state index contributed by atoms with van der Waals surface area (Å²) >= 11 is 0. The van der Waals surface area contributed by atoms with Crippen molar-refractivity contribution < 1.29 is 96.7 Å². The van der Waals surface area contributed by atoms with Gasteiger partial charge < -0.3 is 30.6 Å². The van der Waals surface area contributed by atoms with Crippen LogP contribution in [0, 0.1) is 0 Å². The summed E-state index contributed by atoms with van der Waals surface area (Å²) in [5.74, 6) is 0. The third-order valence-corrected chi connectivity index (χ3v) is 0. The van der Waals surface area contributed by atoms with Gasteiger partial charge in [0.2, 0.25) is 0 Å². The van der Waals surface area contributed by atoms with E-state index < -0.39 is 18.5 Å². The van der Waals surface area contributed by atoms with Crippen LogP contribution < -0.4 is 0 Å². The van der Waals surface area contributed by atoms with Crippen LogP contribution in [0.25, 0.3) is 0 Å². The first-order valence-electron chi connectivity index (χ1n) is 1.95. The Morgan fingerprint density at radius 3 is 0.500 bits per heavy atom. The Morgan fingerprint density at radius 2 is 0.500 bits per heavy atom. The van der Waals surface area contributed by atoms with E-state index in [1.165, 1.54) is 0 Å². The van der Waals surface area contributed by atoms with Crippen molar-refractivity contribution in [2.24, 2.45) is 0 Å². The van der Waals surface area contributed by atoms with Gasteiger partial charge in [0.1, 0.15) is 0 Å². The number of carboxylic acid groups (broad SMARTS) is 6. The summed E-state index contributed by atoms with van der Waals surface area (Å²) < 4.78 is 0. The Morgan fingerprint density at radius 1 is 0.500 bits per heavy atom. The van der Waals surface area contributed by atoms with Crippen LogP contribution in [-0.4, -0.2) is 49.1 Å². The molecule has 0 rings (SSSR count). The molecule has 2 radical (unpaired) electrons. The summed E-state index contributed by atoms with van der Waals surface area (Å²) in [6.07, 6.45) is -5.50. The molecule has 0 aromatic heterocycles. The van der Waals surface area contributed by atoms with Crippen LogP contribution in [0.5, 0.6) is 0 Å². The molecule has 0 aliphatic carbocycles. The van der Waals surface area contributed by atoms with Crippen molar-refractivity contribution >= 4 is 18.5 Å². The quantitative estimate of drug-likeness (QED) is 0.371. The topological polar surface area (TPSA) is 173 Å². The van der Waals surface area contributed by atoms with Gasteiger partial charge in [0.15, 0.2) is 0 Å². The average Bonchev–Trinajstić information content (AvgIpc) is 1.54. The van der Waals surface area contributed by atoms with Gasteiger partial charge in [-0.2, -0.15) is 0 Å². The van der Waals surface area contributed by atoms with Crippen molar-refractivity contribution in [1.82, 2.24) is 0 Å². The molecule has 78 valence electrons. The van der Waals surface area contributed by atoms with Gasteiger partial charge in [0, 0.05) is 51.7 Å². The van der Waals surface area contributed by atoms with Crippen molar-refractivity contribution in [1.29, 1.82) is 0 Å². The molecule has 14 heavy (non-hydrogen) atoms. The Hall–Kier alpha value is -0.450. The van der Waals surface area contributed by atoms with E-state index in [1.54, 1.807) is 0 Å². The molecule has 0 heterocycles. The maximum atomic E-state index is 8.56. The minimum Gasteiger partial charge on any atom is -0.450 e. The average molecular weight is 276 g/mol. The van der Waals surface area contributed by atoms with Gasteiger partial charge in [-0.3, -0.25) is 0 Å². The normalized spacial score (nSPS) is 5.14. The molecule has 0 aliphatic rings. The molecule has 0 unspecified atom stereocenters. The summed E-state index contributed by atoms with van der Waals surface area (Å²) in [5, 5.41) is 41.8. The molecule has 0 saturated carbocycles. The van der Waals surface area contributed by atoms with E-state index in [0.717, 1.165) is 0 Å². The fraction of sp³-hybridized carbons (Fsp3) is 0. The second-order valence-electron chi connectivity index (χ2n) is 0.848. The fourth-order valence-corrected chi connectivity index (χ4v) is 0.